The first-order valence-corrected chi connectivity index (χ1v) is 6.19. The number of benzene rings is 2. The van der Waals surface area contributed by atoms with Crippen LogP contribution in [0.2, 0.25) is 0 Å². The first kappa shape index (κ1) is 13.2. The molecule has 2 aromatic rings. The minimum Gasteiger partial charge on any atom is -0.482 e. The lowest BCUT2D eigenvalue weighted by atomic mass is 10.3. The average molecular weight is 290 g/mol. The zero-order valence-electron chi connectivity index (χ0n) is 10.9. The Kier molecular flexibility index (Phi) is 3.59. The highest BCUT2D eigenvalue weighted by molar-refractivity contribution is 5.74. The summed E-state index contributed by atoms with van der Waals surface area (Å²) in [4.78, 5) is 11.7. The molecule has 0 saturated heterocycles. The molecule has 6 heteroatoms. The zero-order chi connectivity index (χ0) is 14.7. The summed E-state index contributed by atoms with van der Waals surface area (Å²) in [5.74, 6) is 0.923. The molecule has 0 spiro atoms. The summed E-state index contributed by atoms with van der Waals surface area (Å²) in [6.07, 6.45) is 0. The van der Waals surface area contributed by atoms with Gasteiger partial charge in [-0.2, -0.15) is 0 Å². The molecule has 0 aromatic heterocycles. The fraction of sp³-hybridized carbons (Fsp3) is 0.133. The van der Waals surface area contributed by atoms with E-state index in [0.29, 0.717) is 23.0 Å². The van der Waals surface area contributed by atoms with E-state index in [1.807, 2.05) is 0 Å². The minimum absolute atomic E-state index is 0.153. The van der Waals surface area contributed by atoms with Crippen molar-refractivity contribution in [1.82, 2.24) is 0 Å². The Hall–Kier alpha value is -2.76. The van der Waals surface area contributed by atoms with E-state index in [0.717, 1.165) is 0 Å². The van der Waals surface area contributed by atoms with Crippen molar-refractivity contribution in [2.75, 3.05) is 13.4 Å². The summed E-state index contributed by atoms with van der Waals surface area (Å²) in [7, 11) is 0. The predicted molar refractivity (Wildman–Crippen MR) is 70.1 cm³/mol. The second-order valence-corrected chi connectivity index (χ2v) is 4.23. The summed E-state index contributed by atoms with van der Waals surface area (Å²) < 4.78 is 33.4. The molecule has 0 unspecified atom stereocenters. The molecule has 108 valence electrons. The Morgan fingerprint density at radius 2 is 1.76 bits per heavy atom. The van der Waals surface area contributed by atoms with Gasteiger partial charge in [0.05, 0.1) is 0 Å². The van der Waals surface area contributed by atoms with E-state index in [9.17, 15) is 9.18 Å². The first-order valence-electron chi connectivity index (χ1n) is 6.19. The van der Waals surface area contributed by atoms with Crippen LogP contribution in [0.4, 0.5) is 4.39 Å². The van der Waals surface area contributed by atoms with E-state index < -0.39 is 5.97 Å². The second kappa shape index (κ2) is 5.70. The average Bonchev–Trinajstić information content (AvgIpc) is 2.94. The van der Waals surface area contributed by atoms with Crippen LogP contribution in [-0.2, 0) is 4.79 Å². The molecule has 3 rings (SSSR count). The van der Waals surface area contributed by atoms with Crippen molar-refractivity contribution >= 4 is 5.97 Å². The van der Waals surface area contributed by atoms with Crippen molar-refractivity contribution < 1.29 is 28.1 Å². The highest BCUT2D eigenvalue weighted by Gasteiger charge is 2.15. The number of hydrogen-bond donors (Lipinski definition) is 0. The molecule has 2 aromatic carbocycles. The molecule has 5 nitrogen and oxygen atoms in total. The zero-order valence-corrected chi connectivity index (χ0v) is 10.9. The standard InChI is InChI=1S/C15H11FO5/c16-10-1-3-11(4-2-10)18-8-15(17)21-12-5-6-13-14(7-12)20-9-19-13/h1-7H,8-9H2. The van der Waals surface area contributed by atoms with Crippen molar-refractivity contribution in [3.8, 4) is 23.0 Å². The lowest BCUT2D eigenvalue weighted by molar-refractivity contribution is -0.136. The quantitative estimate of drug-likeness (QED) is 0.640. The summed E-state index contributed by atoms with van der Waals surface area (Å²) in [5.41, 5.74) is 0. The summed E-state index contributed by atoms with van der Waals surface area (Å²) >= 11 is 0. The Balaban J connectivity index is 1.55. The Morgan fingerprint density at radius 1 is 1.05 bits per heavy atom. The van der Waals surface area contributed by atoms with Gasteiger partial charge in [0, 0.05) is 6.07 Å². The van der Waals surface area contributed by atoms with Crippen molar-refractivity contribution in [3.63, 3.8) is 0 Å². The van der Waals surface area contributed by atoms with E-state index in [-0.39, 0.29) is 19.2 Å². The molecule has 0 saturated carbocycles. The molecule has 0 atom stereocenters. The molecule has 1 aliphatic rings. The van der Waals surface area contributed by atoms with Gasteiger partial charge in [-0.1, -0.05) is 0 Å². The van der Waals surface area contributed by atoms with Gasteiger partial charge in [0.1, 0.15) is 17.3 Å². The molecule has 0 N–H and O–H groups in total. The van der Waals surface area contributed by atoms with Gasteiger partial charge in [0.15, 0.2) is 18.1 Å². The van der Waals surface area contributed by atoms with E-state index in [2.05, 4.69) is 0 Å². The summed E-state index contributed by atoms with van der Waals surface area (Å²) in [6.45, 7) is -0.125. The van der Waals surface area contributed by atoms with Crippen molar-refractivity contribution in [2.24, 2.45) is 0 Å². The van der Waals surface area contributed by atoms with Gasteiger partial charge >= 0.3 is 5.97 Å². The molecule has 1 aliphatic heterocycles. The van der Waals surface area contributed by atoms with Crippen LogP contribution in [0.25, 0.3) is 0 Å². The van der Waals surface area contributed by atoms with Crippen LogP contribution in [0.3, 0.4) is 0 Å². The third kappa shape index (κ3) is 3.22. The first-order chi connectivity index (χ1) is 10.2. The fourth-order valence-corrected chi connectivity index (χ4v) is 1.77. The number of ether oxygens (including phenoxy) is 4. The number of carbonyl (C=O) groups is 1. The third-order valence-electron chi connectivity index (χ3n) is 2.75. The van der Waals surface area contributed by atoms with Crippen molar-refractivity contribution in [3.05, 3.63) is 48.3 Å². The van der Waals surface area contributed by atoms with Crippen LogP contribution in [0, 0.1) is 5.82 Å². The van der Waals surface area contributed by atoms with E-state index in [4.69, 9.17) is 18.9 Å². The van der Waals surface area contributed by atoms with Crippen molar-refractivity contribution in [2.45, 2.75) is 0 Å². The normalized spacial score (nSPS) is 12.0. The Bertz CT molecular complexity index is 654. The van der Waals surface area contributed by atoms with Crippen LogP contribution in [0.1, 0.15) is 0 Å². The number of rotatable bonds is 4. The van der Waals surface area contributed by atoms with Gasteiger partial charge in [-0.3, -0.25) is 0 Å². The molecule has 0 bridgehead atoms. The maximum absolute atomic E-state index is 12.7. The third-order valence-corrected chi connectivity index (χ3v) is 2.75. The Labute approximate surface area is 119 Å². The topological polar surface area (TPSA) is 54.0 Å². The molecule has 21 heavy (non-hydrogen) atoms. The predicted octanol–water partition coefficient (Wildman–Crippen LogP) is 2.54. The van der Waals surface area contributed by atoms with Crippen molar-refractivity contribution in [1.29, 1.82) is 0 Å². The molecular formula is C15H11FO5. The van der Waals surface area contributed by atoms with Gasteiger partial charge in [0.25, 0.3) is 0 Å². The molecule has 0 aliphatic carbocycles. The Morgan fingerprint density at radius 3 is 2.57 bits per heavy atom. The number of hydrogen-bond acceptors (Lipinski definition) is 5. The number of carbonyl (C=O) groups excluding carboxylic acids is 1. The molecule has 0 fully saturated rings. The maximum Gasteiger partial charge on any atom is 0.349 e. The number of halogens is 1. The second-order valence-electron chi connectivity index (χ2n) is 4.23. The molecular weight excluding hydrogens is 279 g/mol. The number of fused-ring (bicyclic) bond motifs is 1. The fourth-order valence-electron chi connectivity index (χ4n) is 1.77. The van der Waals surface area contributed by atoms with Crippen LogP contribution in [-0.4, -0.2) is 19.4 Å². The van der Waals surface area contributed by atoms with Crippen LogP contribution in [0.15, 0.2) is 42.5 Å². The SMILES string of the molecule is O=C(COc1ccc(F)cc1)Oc1ccc2c(c1)OCO2. The van der Waals surface area contributed by atoms with E-state index in [1.165, 1.54) is 24.3 Å². The molecule has 1 heterocycles. The smallest absolute Gasteiger partial charge is 0.349 e. The molecule has 0 radical (unpaired) electrons. The largest absolute Gasteiger partial charge is 0.482 e. The maximum atomic E-state index is 12.7. The highest BCUT2D eigenvalue weighted by atomic mass is 19.1. The lowest BCUT2D eigenvalue weighted by Gasteiger charge is -2.07. The monoisotopic (exact) mass is 290 g/mol. The van der Waals surface area contributed by atoms with Gasteiger partial charge in [-0.05, 0) is 36.4 Å². The highest BCUT2D eigenvalue weighted by Crippen LogP contribution is 2.35. The van der Waals surface area contributed by atoms with Gasteiger partial charge in [-0.25, -0.2) is 9.18 Å². The van der Waals surface area contributed by atoms with Gasteiger partial charge in [0.2, 0.25) is 6.79 Å². The van der Waals surface area contributed by atoms with E-state index in [1.54, 1.807) is 18.2 Å². The van der Waals surface area contributed by atoms with Crippen LogP contribution in [0.5, 0.6) is 23.0 Å². The number of esters is 1. The van der Waals surface area contributed by atoms with E-state index >= 15 is 0 Å². The molecule has 0 amide bonds. The van der Waals surface area contributed by atoms with Gasteiger partial charge in [-0.15, -0.1) is 0 Å². The lowest BCUT2D eigenvalue weighted by Crippen LogP contribution is -2.17. The summed E-state index contributed by atoms with van der Waals surface area (Å²) in [5, 5.41) is 0. The van der Waals surface area contributed by atoms with Crippen LogP contribution >= 0.6 is 0 Å². The van der Waals surface area contributed by atoms with Gasteiger partial charge < -0.3 is 18.9 Å². The summed E-state index contributed by atoms with van der Waals surface area (Å²) in [6, 6.07) is 10.2. The minimum atomic E-state index is -0.571. The van der Waals surface area contributed by atoms with Crippen LogP contribution < -0.4 is 18.9 Å².